The number of carbonyl (C=O) groups is 3. The van der Waals surface area contributed by atoms with Crippen LogP contribution in [0.2, 0.25) is 0 Å². The van der Waals surface area contributed by atoms with E-state index in [1.165, 1.54) is 11.8 Å². The third-order valence-electron chi connectivity index (χ3n) is 2.91. The van der Waals surface area contributed by atoms with Gasteiger partial charge in [-0.15, -0.1) is 0 Å². The van der Waals surface area contributed by atoms with Gasteiger partial charge in [-0.25, -0.2) is 14.4 Å². The van der Waals surface area contributed by atoms with Crippen molar-refractivity contribution in [1.82, 2.24) is 5.32 Å². The minimum absolute atomic E-state index is 0.385. The van der Waals surface area contributed by atoms with E-state index < -0.39 is 41.8 Å². The minimum Gasteiger partial charge on any atom is -0.480 e. The zero-order valence-electron chi connectivity index (χ0n) is 16.4. The maximum Gasteiger partial charge on any atom is 0.408 e. The number of hydrogen-bond donors (Lipinski definition) is 5. The number of amides is 1. The second kappa shape index (κ2) is 14.8. The molecule has 0 saturated heterocycles. The van der Waals surface area contributed by atoms with Gasteiger partial charge in [0.2, 0.25) is 0 Å². The van der Waals surface area contributed by atoms with Gasteiger partial charge in [-0.2, -0.15) is 23.5 Å². The number of nitrogens with two attached hydrogens (primary N) is 1. The van der Waals surface area contributed by atoms with E-state index in [1.54, 1.807) is 32.5 Å². The Hall–Kier alpha value is -1.17. The van der Waals surface area contributed by atoms with Gasteiger partial charge in [0.25, 0.3) is 0 Å². The number of thioether (sulfide) groups is 2. The van der Waals surface area contributed by atoms with E-state index in [2.05, 4.69) is 5.32 Å². The summed E-state index contributed by atoms with van der Waals surface area (Å²) in [6.45, 7) is 5.18. The van der Waals surface area contributed by atoms with Crippen LogP contribution in [-0.2, 0) is 14.3 Å². The molecule has 9 nitrogen and oxygen atoms in total. The molecule has 6 N–H and O–H groups in total. The molecule has 0 bridgehead atoms. The molecule has 0 rings (SSSR count). The maximum atomic E-state index is 11.3. The molecule has 0 radical (unpaired) electrons. The number of carboxylic acid groups (broad SMARTS) is 2. The summed E-state index contributed by atoms with van der Waals surface area (Å²) >= 11 is 3.11. The van der Waals surface area contributed by atoms with Crippen molar-refractivity contribution >= 4 is 41.6 Å². The minimum atomic E-state index is -1.43. The van der Waals surface area contributed by atoms with E-state index in [-0.39, 0.29) is 0 Å². The molecule has 0 aliphatic carbocycles. The molecule has 27 heavy (non-hydrogen) atoms. The van der Waals surface area contributed by atoms with Crippen molar-refractivity contribution in [2.45, 2.75) is 57.4 Å². The highest BCUT2D eigenvalue weighted by Gasteiger charge is 2.23. The van der Waals surface area contributed by atoms with Gasteiger partial charge in [0.05, 0.1) is 0 Å². The van der Waals surface area contributed by atoms with E-state index in [0.29, 0.717) is 18.6 Å². The molecule has 1 unspecified atom stereocenters. The van der Waals surface area contributed by atoms with Crippen LogP contribution in [0.3, 0.4) is 0 Å². The van der Waals surface area contributed by atoms with Crippen molar-refractivity contribution in [2.24, 2.45) is 5.73 Å². The van der Waals surface area contributed by atoms with E-state index >= 15 is 0 Å². The number of carboxylic acids is 2. The van der Waals surface area contributed by atoms with Crippen molar-refractivity contribution in [3.8, 4) is 0 Å². The highest BCUT2D eigenvalue weighted by Crippen LogP contribution is 2.08. The van der Waals surface area contributed by atoms with Crippen LogP contribution in [0.4, 0.5) is 4.79 Å². The Morgan fingerprint density at radius 2 is 1.52 bits per heavy atom. The smallest absolute Gasteiger partial charge is 0.408 e. The van der Waals surface area contributed by atoms with Crippen molar-refractivity contribution < 1.29 is 34.4 Å². The first kappa shape index (κ1) is 28.0. The van der Waals surface area contributed by atoms with Crippen LogP contribution in [0.15, 0.2) is 0 Å². The maximum absolute atomic E-state index is 11.3. The Bertz CT molecular complexity index is 459. The van der Waals surface area contributed by atoms with Crippen LogP contribution in [-0.4, -0.2) is 81.2 Å². The summed E-state index contributed by atoms with van der Waals surface area (Å²) in [5.74, 6) is -0.850. The summed E-state index contributed by atoms with van der Waals surface area (Å²) < 4.78 is 4.98. The molecule has 0 aromatic carbocycles. The average molecular weight is 429 g/mol. The standard InChI is InChI=1S/C10H19NO4S.C6H13NO3S/c1-10(2,3)15-9(14)11-7(8(12)13)5-6-16-4;1-11-3-2-4(7)5(8)6(9)10/h7H,5-6H2,1-4H3,(H,11,14)(H,12,13);4-5,8H,2-3,7H2,1H3,(H,9,10)/t7-;4-,5?/m11/s1. The molecule has 0 aromatic rings. The number of hydrogen-bond acceptors (Lipinski definition) is 8. The molecule has 11 heteroatoms. The second-order valence-electron chi connectivity index (χ2n) is 6.55. The Balaban J connectivity index is 0. The molecule has 0 aliphatic rings. The summed E-state index contributed by atoms with van der Waals surface area (Å²) in [4.78, 5) is 32.3. The number of rotatable bonds is 10. The van der Waals surface area contributed by atoms with Gasteiger partial charge in [-0.05, 0) is 57.6 Å². The van der Waals surface area contributed by atoms with Crippen LogP contribution < -0.4 is 11.1 Å². The first-order chi connectivity index (χ1) is 12.4. The van der Waals surface area contributed by atoms with Crippen LogP contribution in [0.25, 0.3) is 0 Å². The fraction of sp³-hybridized carbons (Fsp3) is 0.812. The summed E-state index contributed by atoms with van der Waals surface area (Å²) in [6.07, 6.45) is 2.57. The molecule has 0 fully saturated rings. The van der Waals surface area contributed by atoms with E-state index in [9.17, 15) is 14.4 Å². The summed E-state index contributed by atoms with van der Waals surface area (Å²) in [5, 5.41) is 28.4. The third-order valence-corrected chi connectivity index (χ3v) is 4.20. The van der Waals surface area contributed by atoms with Crippen molar-refractivity contribution in [3.05, 3.63) is 0 Å². The lowest BCUT2D eigenvalue weighted by atomic mass is 10.1. The lowest BCUT2D eigenvalue weighted by Gasteiger charge is -2.21. The summed E-state index contributed by atoms with van der Waals surface area (Å²) in [5.41, 5.74) is 4.74. The second-order valence-corrected chi connectivity index (χ2v) is 8.52. The number of carbonyl (C=O) groups excluding carboxylic acids is 1. The van der Waals surface area contributed by atoms with Crippen LogP contribution in [0.5, 0.6) is 0 Å². The van der Waals surface area contributed by atoms with Gasteiger partial charge in [0.15, 0.2) is 6.10 Å². The number of ether oxygens (including phenoxy) is 1. The van der Waals surface area contributed by atoms with Gasteiger partial charge in [0.1, 0.15) is 11.6 Å². The largest absolute Gasteiger partial charge is 0.480 e. The number of aliphatic hydroxyl groups excluding tert-OH is 1. The zero-order chi connectivity index (χ0) is 21.6. The monoisotopic (exact) mass is 428 g/mol. The highest BCUT2D eigenvalue weighted by molar-refractivity contribution is 7.98. The van der Waals surface area contributed by atoms with Gasteiger partial charge in [0, 0.05) is 6.04 Å². The van der Waals surface area contributed by atoms with Gasteiger partial charge in [-0.3, -0.25) is 0 Å². The Morgan fingerprint density at radius 1 is 1.04 bits per heavy atom. The van der Waals surface area contributed by atoms with E-state index in [1.807, 2.05) is 12.5 Å². The van der Waals surface area contributed by atoms with Crippen LogP contribution >= 0.6 is 23.5 Å². The fourth-order valence-corrected chi connectivity index (χ4v) is 2.52. The quantitative estimate of drug-likeness (QED) is 0.342. The lowest BCUT2D eigenvalue weighted by molar-refractivity contribution is -0.147. The van der Waals surface area contributed by atoms with Crippen molar-refractivity contribution in [2.75, 3.05) is 24.0 Å². The van der Waals surface area contributed by atoms with E-state index in [4.69, 9.17) is 25.8 Å². The Kier molecular flexibility index (Phi) is 15.4. The predicted octanol–water partition coefficient (Wildman–Crippen LogP) is 1.23. The van der Waals surface area contributed by atoms with Gasteiger partial charge >= 0.3 is 18.0 Å². The van der Waals surface area contributed by atoms with Gasteiger partial charge in [-0.1, -0.05) is 0 Å². The predicted molar refractivity (Wildman–Crippen MR) is 108 cm³/mol. The number of alkyl carbamates (subject to hydrolysis) is 1. The van der Waals surface area contributed by atoms with Gasteiger partial charge < -0.3 is 31.1 Å². The number of aliphatic carboxylic acids is 2. The SMILES string of the molecule is CSCC[C@@H](N)C(O)C(=O)O.CSCC[C@@H](NC(=O)OC(C)(C)C)C(=O)O. The lowest BCUT2D eigenvalue weighted by Crippen LogP contribution is -2.43. The van der Waals surface area contributed by atoms with Crippen LogP contribution in [0.1, 0.15) is 33.6 Å². The first-order valence-electron chi connectivity index (χ1n) is 8.22. The number of nitrogens with one attached hydrogen (secondary N) is 1. The van der Waals surface area contributed by atoms with Crippen LogP contribution in [0, 0.1) is 0 Å². The molecule has 3 atom stereocenters. The summed E-state index contributed by atoms with van der Waals surface area (Å²) in [6, 6.07) is -1.54. The third kappa shape index (κ3) is 16.7. The molecule has 1 amide bonds. The number of aliphatic hydroxyl groups is 1. The molecule has 0 aliphatic heterocycles. The fourth-order valence-electron chi connectivity index (χ4n) is 1.54. The summed E-state index contributed by atoms with van der Waals surface area (Å²) in [7, 11) is 0. The molecule has 0 spiro atoms. The Morgan fingerprint density at radius 3 is 1.89 bits per heavy atom. The Labute approximate surface area is 168 Å². The molecule has 0 heterocycles. The molecular formula is C16H32N2O7S2. The van der Waals surface area contributed by atoms with E-state index in [0.717, 1.165) is 5.75 Å². The zero-order valence-corrected chi connectivity index (χ0v) is 18.1. The molecule has 0 aromatic heterocycles. The first-order valence-corrected chi connectivity index (χ1v) is 11.0. The molecular weight excluding hydrogens is 396 g/mol. The normalized spacial score (nSPS) is 14.2. The van der Waals surface area contributed by atoms with Crippen molar-refractivity contribution in [1.29, 1.82) is 0 Å². The highest BCUT2D eigenvalue weighted by atomic mass is 32.2. The van der Waals surface area contributed by atoms with Crippen molar-refractivity contribution in [3.63, 3.8) is 0 Å². The topological polar surface area (TPSA) is 159 Å². The molecule has 160 valence electrons. The average Bonchev–Trinajstić information content (AvgIpc) is 2.54. The molecule has 0 saturated carbocycles.